The summed E-state index contributed by atoms with van der Waals surface area (Å²) in [5.74, 6) is -0.537. The number of fused-ring (bicyclic) bond motifs is 2. The second-order valence-electron chi connectivity index (χ2n) is 9.34. The number of rotatable bonds is 5. The van der Waals surface area contributed by atoms with Gasteiger partial charge in [-0.25, -0.2) is 13.8 Å². The van der Waals surface area contributed by atoms with Crippen LogP contribution in [0.15, 0.2) is 18.3 Å². The molecule has 8 heteroatoms. The van der Waals surface area contributed by atoms with Crippen molar-refractivity contribution in [2.45, 2.75) is 43.7 Å². The Morgan fingerprint density at radius 2 is 1.72 bits per heavy atom. The normalized spacial score (nSPS) is 20.2. The summed E-state index contributed by atoms with van der Waals surface area (Å²) >= 11 is 0. The summed E-state index contributed by atoms with van der Waals surface area (Å²) < 4.78 is 40.6. The van der Waals surface area contributed by atoms with Gasteiger partial charge in [0, 0.05) is 36.8 Å². The van der Waals surface area contributed by atoms with Crippen LogP contribution >= 0.6 is 0 Å². The molecule has 2 aliphatic heterocycles. The van der Waals surface area contributed by atoms with E-state index < -0.39 is 11.6 Å². The lowest BCUT2D eigenvalue weighted by Gasteiger charge is -2.37. The first-order valence-corrected chi connectivity index (χ1v) is 11.2. The van der Waals surface area contributed by atoms with Crippen molar-refractivity contribution in [3.63, 3.8) is 0 Å². The molecule has 6 nitrogen and oxygen atoms in total. The van der Waals surface area contributed by atoms with Gasteiger partial charge in [-0.15, -0.1) is 0 Å². The highest BCUT2D eigenvalue weighted by atomic mass is 19.1. The van der Waals surface area contributed by atoms with Crippen molar-refractivity contribution < 1.29 is 18.3 Å². The monoisotopic (exact) mass is 444 g/mol. The number of piperidine rings is 1. The fourth-order valence-corrected chi connectivity index (χ4v) is 5.14. The fraction of sp³-hybridized carbons (Fsp3) is 0.542. The van der Waals surface area contributed by atoms with E-state index in [0.29, 0.717) is 19.1 Å². The molecule has 1 saturated heterocycles. The molecule has 1 aliphatic carbocycles. The third-order valence-corrected chi connectivity index (χ3v) is 7.20. The summed E-state index contributed by atoms with van der Waals surface area (Å²) in [4.78, 5) is 8.77. The molecule has 0 unspecified atom stereocenters. The Balaban J connectivity index is 1.44. The lowest BCUT2D eigenvalue weighted by Crippen LogP contribution is -2.39. The minimum Gasteiger partial charge on any atom is -0.493 e. The first-order valence-electron chi connectivity index (χ1n) is 11.2. The highest BCUT2D eigenvalue weighted by molar-refractivity contribution is 5.62. The van der Waals surface area contributed by atoms with Crippen LogP contribution in [0.4, 0.5) is 20.3 Å². The van der Waals surface area contributed by atoms with Crippen molar-refractivity contribution in [1.29, 1.82) is 0 Å². The van der Waals surface area contributed by atoms with Gasteiger partial charge in [0.25, 0.3) is 0 Å². The first-order chi connectivity index (χ1) is 15.4. The number of aromatic nitrogens is 1. The molecular formula is C24H30F2N4O2. The average molecular weight is 445 g/mol. The van der Waals surface area contributed by atoms with Gasteiger partial charge in [-0.2, -0.15) is 0 Å². The van der Waals surface area contributed by atoms with Crippen LogP contribution in [-0.4, -0.2) is 56.8 Å². The van der Waals surface area contributed by atoms with Gasteiger partial charge >= 0.3 is 0 Å². The maximum Gasteiger partial charge on any atom is 0.191 e. The van der Waals surface area contributed by atoms with Crippen LogP contribution in [0, 0.1) is 11.6 Å². The van der Waals surface area contributed by atoms with Crippen molar-refractivity contribution in [2.24, 2.45) is 0 Å². The zero-order chi connectivity index (χ0) is 22.5. The topological polar surface area (TPSA) is 49.9 Å². The highest BCUT2D eigenvalue weighted by Crippen LogP contribution is 2.54. The van der Waals surface area contributed by atoms with Gasteiger partial charge in [0.1, 0.15) is 11.5 Å². The van der Waals surface area contributed by atoms with E-state index in [1.54, 1.807) is 4.90 Å². The Kier molecular flexibility index (Phi) is 5.35. The number of benzene rings is 1. The number of ether oxygens (including phenoxy) is 2. The smallest absolute Gasteiger partial charge is 0.191 e. The molecule has 1 spiro atoms. The van der Waals surface area contributed by atoms with Gasteiger partial charge in [0.2, 0.25) is 0 Å². The lowest BCUT2D eigenvalue weighted by atomic mass is 9.87. The van der Waals surface area contributed by atoms with E-state index in [-0.39, 0.29) is 22.6 Å². The Hall–Kier alpha value is -2.61. The molecule has 2 aromatic rings. The zero-order valence-corrected chi connectivity index (χ0v) is 18.9. The molecule has 0 amide bonds. The van der Waals surface area contributed by atoms with E-state index in [9.17, 15) is 0 Å². The zero-order valence-electron chi connectivity index (χ0n) is 18.9. The van der Waals surface area contributed by atoms with Crippen LogP contribution in [0.5, 0.6) is 11.5 Å². The molecule has 3 aliphatic rings. The Morgan fingerprint density at radius 1 is 1.06 bits per heavy atom. The summed E-state index contributed by atoms with van der Waals surface area (Å²) in [5.41, 5.74) is 2.10. The van der Waals surface area contributed by atoms with Crippen molar-refractivity contribution in [1.82, 2.24) is 9.88 Å². The Labute approximate surface area is 187 Å². The summed E-state index contributed by atoms with van der Waals surface area (Å²) in [5, 5.41) is 3.60. The van der Waals surface area contributed by atoms with Crippen molar-refractivity contribution in [2.75, 3.05) is 51.1 Å². The molecule has 1 saturated carbocycles. The fourth-order valence-electron chi connectivity index (χ4n) is 5.14. The highest BCUT2D eigenvalue weighted by Gasteiger charge is 2.50. The molecule has 0 radical (unpaired) electrons. The predicted octanol–water partition coefficient (Wildman–Crippen LogP) is 3.93. The van der Waals surface area contributed by atoms with Crippen LogP contribution in [0.25, 0.3) is 0 Å². The number of nitrogens with one attached hydrogen (secondary N) is 1. The van der Waals surface area contributed by atoms with E-state index in [1.807, 2.05) is 6.20 Å². The van der Waals surface area contributed by atoms with Crippen LogP contribution in [0.3, 0.4) is 0 Å². The second kappa shape index (κ2) is 8.06. The molecule has 1 aromatic carbocycles. The molecule has 3 heterocycles. The van der Waals surface area contributed by atoms with E-state index >= 15 is 8.78 Å². The van der Waals surface area contributed by atoms with Crippen LogP contribution in [0.1, 0.15) is 36.8 Å². The minimum absolute atomic E-state index is 0.0234. The molecule has 0 atom stereocenters. The third kappa shape index (κ3) is 3.64. The van der Waals surface area contributed by atoms with Crippen molar-refractivity contribution in [3.05, 3.63) is 41.1 Å². The summed E-state index contributed by atoms with van der Waals surface area (Å²) in [6, 6.07) is 3.85. The molecule has 1 N–H and O–H groups in total. The Bertz CT molecular complexity index is 991. The average Bonchev–Trinajstić information content (AvgIpc) is 3.56. The molecule has 1 aromatic heterocycles. The van der Waals surface area contributed by atoms with E-state index in [4.69, 9.17) is 9.47 Å². The minimum atomic E-state index is -0.696. The van der Waals surface area contributed by atoms with Crippen LogP contribution in [0.2, 0.25) is 0 Å². The molecule has 2 fully saturated rings. The first kappa shape index (κ1) is 21.2. The number of hydrogen-bond acceptors (Lipinski definition) is 6. The maximum absolute atomic E-state index is 15.1. The molecule has 172 valence electrons. The maximum atomic E-state index is 15.1. The van der Waals surface area contributed by atoms with Crippen LogP contribution < -0.4 is 19.7 Å². The van der Waals surface area contributed by atoms with Gasteiger partial charge < -0.3 is 24.6 Å². The quantitative estimate of drug-likeness (QED) is 0.754. The summed E-state index contributed by atoms with van der Waals surface area (Å²) in [6.45, 7) is 3.12. The Morgan fingerprint density at radius 3 is 2.31 bits per heavy atom. The number of methoxy groups -OCH3 is 2. The van der Waals surface area contributed by atoms with E-state index in [1.165, 1.54) is 25.8 Å². The van der Waals surface area contributed by atoms with Gasteiger partial charge in [0.15, 0.2) is 23.1 Å². The van der Waals surface area contributed by atoms with Gasteiger partial charge in [-0.1, -0.05) is 0 Å². The standard InChI is InChI=1S/C24H30F2N4O2/c1-29-8-4-16(5-9-29)28-20-10-17-15(12-27-20)13-30(14-24(17)6-7-24)23-21(25)18(31-2)11-19(32-3)22(23)26/h10-12,16H,4-9,13-14H2,1-3H3,(H,27,28). The van der Waals surface area contributed by atoms with Crippen molar-refractivity contribution in [3.8, 4) is 11.5 Å². The van der Waals surface area contributed by atoms with E-state index in [0.717, 1.165) is 50.2 Å². The summed E-state index contributed by atoms with van der Waals surface area (Å²) in [6.07, 6.45) is 6.07. The molecule has 5 rings (SSSR count). The lowest BCUT2D eigenvalue weighted by molar-refractivity contribution is 0.263. The summed E-state index contributed by atoms with van der Waals surface area (Å²) in [7, 11) is 4.89. The number of hydrogen-bond donors (Lipinski definition) is 1. The molecular weight excluding hydrogens is 414 g/mol. The number of nitrogens with zero attached hydrogens (tertiary/aromatic N) is 3. The number of pyridine rings is 1. The predicted molar refractivity (Wildman–Crippen MR) is 120 cm³/mol. The molecule has 0 bridgehead atoms. The number of halogens is 2. The van der Waals surface area contributed by atoms with Gasteiger partial charge in [0.05, 0.1) is 14.2 Å². The largest absolute Gasteiger partial charge is 0.493 e. The van der Waals surface area contributed by atoms with E-state index in [2.05, 4.69) is 28.3 Å². The number of anilines is 2. The molecule has 32 heavy (non-hydrogen) atoms. The SMILES string of the molecule is COc1cc(OC)c(F)c(N2Cc3cnc(NC4CCN(C)CC4)cc3C3(CC3)C2)c1F. The number of likely N-dealkylation sites (tertiary alicyclic amines) is 1. The third-order valence-electron chi connectivity index (χ3n) is 7.20. The second-order valence-corrected chi connectivity index (χ2v) is 9.34. The van der Waals surface area contributed by atoms with Crippen molar-refractivity contribution >= 4 is 11.5 Å². The van der Waals surface area contributed by atoms with Gasteiger partial charge in [-0.05, 0) is 63.0 Å². The van der Waals surface area contributed by atoms with Gasteiger partial charge in [-0.3, -0.25) is 0 Å². The van der Waals surface area contributed by atoms with Crippen LogP contribution in [-0.2, 0) is 12.0 Å².